The minimum atomic E-state index is -0.431. The molecule has 1 aromatic carbocycles. The second-order valence-electron chi connectivity index (χ2n) is 7.55. The largest absolute Gasteiger partial charge is 0.353 e. The van der Waals surface area contributed by atoms with E-state index in [0.29, 0.717) is 19.1 Å². The summed E-state index contributed by atoms with van der Waals surface area (Å²) >= 11 is 0. The van der Waals surface area contributed by atoms with Crippen LogP contribution < -0.4 is 5.32 Å². The van der Waals surface area contributed by atoms with Crippen molar-refractivity contribution < 1.29 is 14.3 Å². The average molecular weight is 388 g/mol. The first kappa shape index (κ1) is 22.6. The van der Waals surface area contributed by atoms with Crippen LogP contribution >= 0.6 is 0 Å². The summed E-state index contributed by atoms with van der Waals surface area (Å²) in [5.41, 5.74) is 2.58. The third-order valence-electron chi connectivity index (χ3n) is 6.08. The van der Waals surface area contributed by atoms with Gasteiger partial charge < -0.3 is 14.8 Å². The number of ether oxygens (including phenoxy) is 2. The van der Waals surface area contributed by atoms with Gasteiger partial charge in [-0.2, -0.15) is 0 Å². The van der Waals surface area contributed by atoms with E-state index >= 15 is 0 Å². The number of carbonyl (C=O) groups is 1. The molecule has 2 fully saturated rings. The summed E-state index contributed by atoms with van der Waals surface area (Å²) in [4.78, 5) is 13.2. The van der Waals surface area contributed by atoms with Gasteiger partial charge >= 0.3 is 0 Å². The fraction of sp³-hybridized carbons (Fsp3) is 0.625. The van der Waals surface area contributed by atoms with Crippen LogP contribution in [0.5, 0.6) is 0 Å². The van der Waals surface area contributed by atoms with Gasteiger partial charge in [-0.15, -0.1) is 0 Å². The fourth-order valence-corrected chi connectivity index (χ4v) is 4.39. The Labute approximate surface area is 170 Å². The number of benzene rings is 1. The predicted molar refractivity (Wildman–Crippen MR) is 115 cm³/mol. The molecule has 1 spiro atoms. The molecule has 4 nitrogen and oxygen atoms in total. The quantitative estimate of drug-likeness (QED) is 0.690. The zero-order valence-corrected chi connectivity index (χ0v) is 18.4. The summed E-state index contributed by atoms with van der Waals surface area (Å²) in [5.74, 6) is 0.0910. The maximum atomic E-state index is 13.2. The lowest BCUT2D eigenvalue weighted by atomic mass is 9.59. The minimum Gasteiger partial charge on any atom is -0.353 e. The van der Waals surface area contributed by atoms with Crippen LogP contribution in [-0.4, -0.2) is 24.8 Å². The molecule has 0 radical (unpaired) electrons. The van der Waals surface area contributed by atoms with E-state index in [2.05, 4.69) is 31.3 Å². The van der Waals surface area contributed by atoms with Crippen molar-refractivity contribution in [3.05, 3.63) is 41.6 Å². The standard InChI is InChI=1S/C20H25NO3.2C2H6/c1-14-5-3-4-6-16(14)21-17-8-7-15-13-20(23-11-12-24-20)10-9-19(15,2)18(17)22;2*1-2/h3-6,8,15,21H,7,9-13H2,1-2H3;2*1-2H3. The van der Waals surface area contributed by atoms with Crippen molar-refractivity contribution in [2.75, 3.05) is 18.5 Å². The van der Waals surface area contributed by atoms with Crippen LogP contribution in [0.2, 0.25) is 0 Å². The summed E-state index contributed by atoms with van der Waals surface area (Å²) in [5, 5.41) is 3.37. The van der Waals surface area contributed by atoms with Crippen molar-refractivity contribution >= 4 is 11.5 Å². The van der Waals surface area contributed by atoms with Gasteiger partial charge in [-0.1, -0.05) is 58.9 Å². The maximum absolute atomic E-state index is 13.2. The molecule has 1 heterocycles. The highest BCUT2D eigenvalue weighted by Gasteiger charge is 2.54. The van der Waals surface area contributed by atoms with Crippen molar-refractivity contribution in [3.63, 3.8) is 0 Å². The molecule has 3 aliphatic rings. The van der Waals surface area contributed by atoms with Gasteiger partial charge in [0.1, 0.15) is 0 Å². The third kappa shape index (κ3) is 4.33. The summed E-state index contributed by atoms with van der Waals surface area (Å²) in [6, 6.07) is 8.08. The van der Waals surface area contributed by atoms with Gasteiger partial charge in [0.25, 0.3) is 0 Å². The number of fused-ring (bicyclic) bond motifs is 1. The van der Waals surface area contributed by atoms with Gasteiger partial charge in [0.15, 0.2) is 11.6 Å². The summed E-state index contributed by atoms with van der Waals surface area (Å²) in [7, 11) is 0. The van der Waals surface area contributed by atoms with Crippen molar-refractivity contribution in [2.45, 2.75) is 73.0 Å². The number of allylic oxidation sites excluding steroid dienone is 2. The lowest BCUT2D eigenvalue weighted by molar-refractivity contribution is -0.205. The molecule has 1 saturated carbocycles. The number of ketones is 1. The smallest absolute Gasteiger partial charge is 0.184 e. The SMILES string of the molecule is CC.CC.Cc1ccccc1NC1=CCC2CC3(CCC2(C)C1=O)OCCO3. The van der Waals surface area contributed by atoms with Crippen LogP contribution in [0.25, 0.3) is 0 Å². The van der Waals surface area contributed by atoms with Crippen molar-refractivity contribution in [1.29, 1.82) is 0 Å². The van der Waals surface area contributed by atoms with Crippen LogP contribution in [-0.2, 0) is 14.3 Å². The first-order valence-electron chi connectivity index (χ1n) is 10.9. The molecular formula is C24H37NO3. The molecule has 1 N–H and O–H groups in total. The molecular weight excluding hydrogens is 350 g/mol. The number of hydrogen-bond acceptors (Lipinski definition) is 4. The number of anilines is 1. The Morgan fingerprint density at radius 2 is 1.68 bits per heavy atom. The predicted octanol–water partition coefficient (Wildman–Crippen LogP) is 5.87. The molecule has 2 aliphatic carbocycles. The number of Topliss-reactive ketones (excluding diaryl/α,β-unsaturated/α-hetero) is 1. The molecule has 4 heteroatoms. The lowest BCUT2D eigenvalue weighted by Crippen LogP contribution is -2.50. The number of rotatable bonds is 2. The average Bonchev–Trinajstić information content (AvgIpc) is 3.19. The van der Waals surface area contributed by atoms with E-state index in [1.165, 1.54) is 0 Å². The fourth-order valence-electron chi connectivity index (χ4n) is 4.39. The van der Waals surface area contributed by atoms with Crippen molar-refractivity contribution in [2.24, 2.45) is 11.3 Å². The second kappa shape index (κ2) is 9.71. The molecule has 0 amide bonds. The monoisotopic (exact) mass is 387 g/mol. The first-order chi connectivity index (χ1) is 13.5. The highest BCUT2D eigenvalue weighted by molar-refractivity contribution is 6.03. The van der Waals surface area contributed by atoms with Gasteiger partial charge in [-0.3, -0.25) is 4.79 Å². The number of aryl methyl sites for hydroxylation is 1. The maximum Gasteiger partial charge on any atom is 0.184 e. The zero-order valence-electron chi connectivity index (χ0n) is 18.4. The molecule has 4 rings (SSSR count). The van der Waals surface area contributed by atoms with Gasteiger partial charge in [0, 0.05) is 23.9 Å². The highest BCUT2D eigenvalue weighted by Crippen LogP contribution is 2.52. The Hall–Kier alpha value is -1.65. The molecule has 2 atom stereocenters. The van der Waals surface area contributed by atoms with Gasteiger partial charge in [0.05, 0.1) is 18.9 Å². The van der Waals surface area contributed by atoms with Gasteiger partial charge in [-0.05, 0) is 37.3 Å². The van der Waals surface area contributed by atoms with Crippen LogP contribution in [0.15, 0.2) is 36.0 Å². The Kier molecular flexibility index (Phi) is 7.85. The van der Waals surface area contributed by atoms with E-state index in [4.69, 9.17) is 9.47 Å². The Morgan fingerprint density at radius 3 is 2.32 bits per heavy atom. The van der Waals surface area contributed by atoms with Gasteiger partial charge in [-0.25, -0.2) is 0 Å². The zero-order chi connectivity index (χ0) is 20.8. The minimum absolute atomic E-state index is 0.231. The number of hydrogen-bond donors (Lipinski definition) is 1. The molecule has 1 aromatic rings. The van der Waals surface area contributed by atoms with E-state index in [1.807, 2.05) is 45.9 Å². The van der Waals surface area contributed by atoms with E-state index in [1.54, 1.807) is 0 Å². The Morgan fingerprint density at radius 1 is 1.04 bits per heavy atom. The number of nitrogens with one attached hydrogen (secondary N) is 1. The molecule has 1 aliphatic heterocycles. The molecule has 156 valence electrons. The normalized spacial score (nSPS) is 27.6. The van der Waals surface area contributed by atoms with Crippen molar-refractivity contribution in [1.82, 2.24) is 0 Å². The molecule has 28 heavy (non-hydrogen) atoms. The van der Waals surface area contributed by atoms with Crippen molar-refractivity contribution in [3.8, 4) is 0 Å². The Balaban J connectivity index is 0.000000660. The van der Waals surface area contributed by atoms with Gasteiger partial charge in [0.2, 0.25) is 0 Å². The van der Waals surface area contributed by atoms with E-state index in [9.17, 15) is 4.79 Å². The summed E-state index contributed by atoms with van der Waals surface area (Å²) < 4.78 is 11.8. The van der Waals surface area contributed by atoms with E-state index in [0.717, 1.165) is 42.6 Å². The molecule has 0 bridgehead atoms. The van der Waals surface area contributed by atoms with Crippen LogP contribution in [0.4, 0.5) is 5.69 Å². The highest BCUT2D eigenvalue weighted by atomic mass is 16.7. The third-order valence-corrected chi connectivity index (χ3v) is 6.08. The summed E-state index contributed by atoms with van der Waals surface area (Å²) in [6.45, 7) is 13.5. The van der Waals surface area contributed by atoms with Crippen LogP contribution in [0, 0.1) is 18.3 Å². The number of para-hydroxylation sites is 1. The Bertz CT molecular complexity index is 691. The second-order valence-corrected chi connectivity index (χ2v) is 7.55. The van der Waals surface area contributed by atoms with E-state index < -0.39 is 5.79 Å². The summed E-state index contributed by atoms with van der Waals surface area (Å²) in [6.07, 6.45) is 5.41. The molecule has 0 aromatic heterocycles. The first-order valence-corrected chi connectivity index (χ1v) is 10.9. The van der Waals surface area contributed by atoms with E-state index in [-0.39, 0.29) is 11.2 Å². The molecule has 2 unspecified atom stereocenters. The molecule has 1 saturated heterocycles. The topological polar surface area (TPSA) is 47.6 Å². The number of carbonyl (C=O) groups excluding carboxylic acids is 1. The van der Waals surface area contributed by atoms with Crippen LogP contribution in [0.1, 0.15) is 65.9 Å². The van der Waals surface area contributed by atoms with Crippen LogP contribution in [0.3, 0.4) is 0 Å². The lowest BCUT2D eigenvalue weighted by Gasteiger charge is -2.48.